The molecule has 0 radical (unpaired) electrons. The van der Waals surface area contributed by atoms with Crippen molar-refractivity contribution in [2.45, 2.75) is 6.92 Å². The van der Waals surface area contributed by atoms with Crippen LogP contribution >= 0.6 is 11.8 Å². The minimum atomic E-state index is -1.22. The SMILES string of the molecule is COCCN1C(=O)/C(=C\c2ccc(-c3ccc(C(=O)[O-])cc3C)o2)SC1=Nc1ccccc1. The number of benzene rings is 2. The molecule has 1 aliphatic rings. The number of carboxylic acids is 1. The van der Waals surface area contributed by atoms with Gasteiger partial charge in [-0.25, -0.2) is 4.99 Å². The number of aromatic carboxylic acids is 1. The number of aliphatic imine (C=N–C) groups is 1. The van der Waals surface area contributed by atoms with Crippen molar-refractivity contribution in [1.82, 2.24) is 4.90 Å². The fourth-order valence-corrected chi connectivity index (χ4v) is 4.36. The van der Waals surface area contributed by atoms with E-state index >= 15 is 0 Å². The highest BCUT2D eigenvalue weighted by Crippen LogP contribution is 2.35. The predicted molar refractivity (Wildman–Crippen MR) is 126 cm³/mol. The number of carboxylic acid groups (broad SMARTS) is 1. The van der Waals surface area contributed by atoms with Crippen molar-refractivity contribution in [3.8, 4) is 11.3 Å². The van der Waals surface area contributed by atoms with Crippen LogP contribution in [0.25, 0.3) is 17.4 Å². The number of rotatable bonds is 7. The molecule has 1 aliphatic heterocycles. The first-order valence-corrected chi connectivity index (χ1v) is 11.0. The lowest BCUT2D eigenvalue weighted by Crippen LogP contribution is -2.32. The minimum absolute atomic E-state index is 0.111. The molecular formula is C25H21N2O5S-. The first-order chi connectivity index (χ1) is 16.0. The molecule has 1 fully saturated rings. The third-order valence-corrected chi connectivity index (χ3v) is 6.02. The van der Waals surface area contributed by atoms with E-state index in [1.165, 1.54) is 17.8 Å². The maximum Gasteiger partial charge on any atom is 0.266 e. The first-order valence-electron chi connectivity index (χ1n) is 10.2. The third-order valence-electron chi connectivity index (χ3n) is 5.02. The van der Waals surface area contributed by atoms with E-state index in [1.54, 1.807) is 49.3 Å². The molecule has 0 atom stereocenters. The van der Waals surface area contributed by atoms with Gasteiger partial charge in [0.15, 0.2) is 5.17 Å². The van der Waals surface area contributed by atoms with Gasteiger partial charge in [-0.1, -0.05) is 30.3 Å². The minimum Gasteiger partial charge on any atom is -0.545 e. The Kier molecular flexibility index (Phi) is 6.76. The average Bonchev–Trinajstić information content (AvgIpc) is 3.38. The standard InChI is InChI=1S/C25H22N2O5S/c1-16-14-17(24(29)30)8-10-20(16)21-11-9-19(32-21)15-22-23(28)27(12-13-31-2)25(33-22)26-18-6-4-3-5-7-18/h3-11,14-15H,12-13H2,1-2H3,(H,29,30)/p-1/b22-15+,26-25?. The topological polar surface area (TPSA) is 95.2 Å². The molecule has 0 saturated carbocycles. The van der Waals surface area contributed by atoms with E-state index in [0.717, 1.165) is 16.8 Å². The Labute approximate surface area is 195 Å². The lowest BCUT2D eigenvalue weighted by molar-refractivity contribution is -0.255. The molecular weight excluding hydrogens is 440 g/mol. The van der Waals surface area contributed by atoms with E-state index in [2.05, 4.69) is 4.99 Å². The van der Waals surface area contributed by atoms with Gasteiger partial charge >= 0.3 is 0 Å². The normalized spacial score (nSPS) is 16.2. The fraction of sp³-hybridized carbons (Fsp3) is 0.160. The molecule has 0 spiro atoms. The number of carbonyl (C=O) groups is 2. The van der Waals surface area contributed by atoms with Gasteiger partial charge in [-0.2, -0.15) is 0 Å². The Bertz CT molecular complexity index is 1250. The van der Waals surface area contributed by atoms with Crippen molar-refractivity contribution in [3.05, 3.63) is 82.5 Å². The smallest absolute Gasteiger partial charge is 0.266 e. The highest BCUT2D eigenvalue weighted by molar-refractivity contribution is 8.18. The maximum absolute atomic E-state index is 13.0. The summed E-state index contributed by atoms with van der Waals surface area (Å²) in [4.78, 5) is 30.8. The van der Waals surface area contributed by atoms with Crippen LogP contribution < -0.4 is 5.11 Å². The van der Waals surface area contributed by atoms with Crippen LogP contribution in [0.3, 0.4) is 0 Å². The monoisotopic (exact) mass is 461 g/mol. The fourth-order valence-electron chi connectivity index (χ4n) is 3.36. The van der Waals surface area contributed by atoms with Crippen LogP contribution in [0.15, 0.2) is 75.0 Å². The van der Waals surface area contributed by atoms with Crippen molar-refractivity contribution in [1.29, 1.82) is 0 Å². The molecule has 1 amide bonds. The van der Waals surface area contributed by atoms with Crippen molar-refractivity contribution >= 4 is 40.6 Å². The van der Waals surface area contributed by atoms with Gasteiger partial charge in [0.05, 0.1) is 29.7 Å². The summed E-state index contributed by atoms with van der Waals surface area (Å²) in [5, 5.41) is 11.6. The van der Waals surface area contributed by atoms with Crippen LogP contribution in [0.2, 0.25) is 0 Å². The number of furan rings is 1. The summed E-state index contributed by atoms with van der Waals surface area (Å²) in [6.07, 6.45) is 1.69. The molecule has 2 heterocycles. The molecule has 168 valence electrons. The third kappa shape index (κ3) is 5.08. The molecule has 0 aliphatic carbocycles. The Balaban J connectivity index is 1.61. The van der Waals surface area contributed by atoms with Crippen LogP contribution in [0.1, 0.15) is 21.7 Å². The Morgan fingerprint density at radius 2 is 1.97 bits per heavy atom. The van der Waals surface area contributed by atoms with E-state index in [4.69, 9.17) is 9.15 Å². The van der Waals surface area contributed by atoms with Crippen LogP contribution in [0, 0.1) is 6.92 Å². The van der Waals surface area contributed by atoms with Crippen LogP contribution in [-0.4, -0.2) is 42.2 Å². The van der Waals surface area contributed by atoms with Crippen molar-refractivity contribution in [3.63, 3.8) is 0 Å². The Morgan fingerprint density at radius 1 is 1.18 bits per heavy atom. The Morgan fingerprint density at radius 3 is 2.67 bits per heavy atom. The molecule has 4 rings (SSSR count). The second kappa shape index (κ2) is 9.89. The number of para-hydroxylation sites is 1. The first kappa shape index (κ1) is 22.6. The predicted octanol–water partition coefficient (Wildman–Crippen LogP) is 3.87. The number of thioether (sulfide) groups is 1. The number of hydrogen-bond acceptors (Lipinski definition) is 7. The molecule has 1 saturated heterocycles. The second-order valence-electron chi connectivity index (χ2n) is 7.31. The van der Waals surface area contributed by atoms with Gasteiger partial charge in [-0.05, 0) is 60.1 Å². The lowest BCUT2D eigenvalue weighted by atomic mass is 10.0. The highest BCUT2D eigenvalue weighted by atomic mass is 32.2. The van der Waals surface area contributed by atoms with Gasteiger partial charge in [-0.15, -0.1) is 0 Å². The summed E-state index contributed by atoms with van der Waals surface area (Å²) in [6.45, 7) is 2.58. The zero-order valence-electron chi connectivity index (χ0n) is 18.1. The summed E-state index contributed by atoms with van der Waals surface area (Å²) < 4.78 is 11.1. The van der Waals surface area contributed by atoms with E-state index in [1.807, 2.05) is 30.3 Å². The number of amidine groups is 1. The molecule has 0 N–H and O–H groups in total. The molecule has 3 aromatic rings. The summed E-state index contributed by atoms with van der Waals surface area (Å²) >= 11 is 1.28. The van der Waals surface area contributed by atoms with Gasteiger partial charge in [0, 0.05) is 18.7 Å². The molecule has 33 heavy (non-hydrogen) atoms. The average molecular weight is 462 g/mol. The lowest BCUT2D eigenvalue weighted by Gasteiger charge is -2.14. The largest absolute Gasteiger partial charge is 0.545 e. The summed E-state index contributed by atoms with van der Waals surface area (Å²) in [6, 6.07) is 17.7. The van der Waals surface area contributed by atoms with Gasteiger partial charge in [0.1, 0.15) is 11.5 Å². The molecule has 1 aromatic heterocycles. The number of ether oxygens (including phenoxy) is 1. The molecule has 7 nitrogen and oxygen atoms in total. The van der Waals surface area contributed by atoms with E-state index in [-0.39, 0.29) is 11.5 Å². The van der Waals surface area contributed by atoms with E-state index in [0.29, 0.717) is 34.7 Å². The second-order valence-corrected chi connectivity index (χ2v) is 8.32. The van der Waals surface area contributed by atoms with Gasteiger partial charge in [-0.3, -0.25) is 9.69 Å². The van der Waals surface area contributed by atoms with E-state index in [9.17, 15) is 14.7 Å². The van der Waals surface area contributed by atoms with Crippen molar-refractivity contribution in [2.75, 3.05) is 20.3 Å². The molecule has 0 bridgehead atoms. The number of methoxy groups -OCH3 is 1. The van der Waals surface area contributed by atoms with E-state index < -0.39 is 5.97 Å². The van der Waals surface area contributed by atoms with Gasteiger partial charge in [0.2, 0.25) is 0 Å². The van der Waals surface area contributed by atoms with Crippen molar-refractivity contribution < 1.29 is 23.8 Å². The van der Waals surface area contributed by atoms with Crippen molar-refractivity contribution in [2.24, 2.45) is 4.99 Å². The Hall–Kier alpha value is -3.62. The molecule has 2 aromatic carbocycles. The highest BCUT2D eigenvalue weighted by Gasteiger charge is 2.33. The number of hydrogen-bond donors (Lipinski definition) is 0. The molecule has 0 unspecified atom stereocenters. The number of carbonyl (C=O) groups excluding carboxylic acids is 2. The number of nitrogens with zero attached hydrogens (tertiary/aromatic N) is 2. The zero-order valence-corrected chi connectivity index (χ0v) is 18.9. The summed E-state index contributed by atoms with van der Waals surface area (Å²) in [7, 11) is 1.59. The summed E-state index contributed by atoms with van der Waals surface area (Å²) in [5.74, 6) is -0.303. The quantitative estimate of drug-likeness (QED) is 0.496. The molecule has 8 heteroatoms. The maximum atomic E-state index is 13.0. The zero-order chi connectivity index (χ0) is 23.4. The van der Waals surface area contributed by atoms with Gasteiger partial charge < -0.3 is 19.1 Å². The van der Waals surface area contributed by atoms with Crippen LogP contribution in [0.5, 0.6) is 0 Å². The number of amides is 1. The van der Waals surface area contributed by atoms with Crippen LogP contribution in [0.4, 0.5) is 5.69 Å². The number of aryl methyl sites for hydroxylation is 1. The van der Waals surface area contributed by atoms with Gasteiger partial charge in [0.25, 0.3) is 5.91 Å². The summed E-state index contributed by atoms with van der Waals surface area (Å²) in [5.41, 5.74) is 2.38. The van der Waals surface area contributed by atoms with Crippen LogP contribution in [-0.2, 0) is 9.53 Å².